The molecule has 0 spiro atoms. The van der Waals surface area contributed by atoms with E-state index in [1.165, 1.54) is 17.0 Å². The third-order valence-corrected chi connectivity index (χ3v) is 2.72. The van der Waals surface area contributed by atoms with Crippen LogP contribution in [0, 0.1) is 0 Å². The van der Waals surface area contributed by atoms with Gasteiger partial charge in [0.05, 0.1) is 5.69 Å². The lowest BCUT2D eigenvalue weighted by molar-refractivity contribution is 0.0993. The maximum absolute atomic E-state index is 12.2. The fourth-order valence-corrected chi connectivity index (χ4v) is 1.65. The van der Waals surface area contributed by atoms with Crippen molar-refractivity contribution in [1.82, 2.24) is 0 Å². The van der Waals surface area contributed by atoms with E-state index in [-0.39, 0.29) is 17.3 Å². The first kappa shape index (κ1) is 12.0. The number of nitrogens with zero attached hydrogens (tertiary/aromatic N) is 1. The molecule has 3 N–H and O–H groups in total. The Morgan fingerprint density at radius 1 is 1.17 bits per heavy atom. The molecule has 2 rings (SSSR count). The lowest BCUT2D eigenvalue weighted by Gasteiger charge is -2.17. The molecule has 0 radical (unpaired) electrons. The Morgan fingerprint density at radius 2 is 1.83 bits per heavy atom. The van der Waals surface area contributed by atoms with Crippen molar-refractivity contribution in [3.8, 4) is 5.75 Å². The summed E-state index contributed by atoms with van der Waals surface area (Å²) in [5, 5.41) is 9.33. The Bertz CT molecular complexity index is 567. The van der Waals surface area contributed by atoms with E-state index in [1.807, 2.05) is 30.3 Å². The quantitative estimate of drug-likeness (QED) is 0.627. The van der Waals surface area contributed by atoms with Gasteiger partial charge in [-0.15, -0.1) is 0 Å². The van der Waals surface area contributed by atoms with Gasteiger partial charge in [-0.25, -0.2) is 0 Å². The number of rotatable bonds is 2. The van der Waals surface area contributed by atoms with Crippen molar-refractivity contribution in [1.29, 1.82) is 0 Å². The minimum atomic E-state index is -0.173. The molecule has 92 valence electrons. The summed E-state index contributed by atoms with van der Waals surface area (Å²) in [5.74, 6) is -0.193. The highest BCUT2D eigenvalue weighted by Gasteiger charge is 2.14. The largest absolute Gasteiger partial charge is 0.506 e. The number of hydrogen-bond donors (Lipinski definition) is 2. The zero-order valence-electron chi connectivity index (χ0n) is 10.00. The first-order valence-electron chi connectivity index (χ1n) is 5.51. The molecular weight excluding hydrogens is 228 g/mol. The Kier molecular flexibility index (Phi) is 3.19. The Morgan fingerprint density at radius 3 is 2.44 bits per heavy atom. The number of anilines is 2. The van der Waals surface area contributed by atoms with Crippen LogP contribution in [0.1, 0.15) is 10.4 Å². The fraction of sp³-hybridized carbons (Fsp3) is 0.0714. The molecule has 0 unspecified atom stereocenters. The second-order valence-electron chi connectivity index (χ2n) is 3.97. The summed E-state index contributed by atoms with van der Waals surface area (Å²) >= 11 is 0. The molecule has 4 heteroatoms. The number of amides is 1. The molecule has 0 saturated carbocycles. The van der Waals surface area contributed by atoms with Crippen LogP contribution < -0.4 is 10.6 Å². The van der Waals surface area contributed by atoms with Gasteiger partial charge < -0.3 is 15.7 Å². The minimum absolute atomic E-state index is 0.0195. The van der Waals surface area contributed by atoms with Crippen molar-refractivity contribution >= 4 is 17.3 Å². The van der Waals surface area contributed by atoms with Gasteiger partial charge in [-0.1, -0.05) is 18.2 Å². The highest BCUT2D eigenvalue weighted by molar-refractivity contribution is 6.06. The van der Waals surface area contributed by atoms with Gasteiger partial charge in [-0.05, 0) is 30.3 Å². The molecule has 2 aromatic carbocycles. The predicted molar refractivity (Wildman–Crippen MR) is 71.7 cm³/mol. The second kappa shape index (κ2) is 4.79. The molecule has 0 saturated heterocycles. The number of phenols is 1. The van der Waals surface area contributed by atoms with Crippen LogP contribution in [0.4, 0.5) is 11.4 Å². The van der Waals surface area contributed by atoms with Crippen molar-refractivity contribution in [3.63, 3.8) is 0 Å². The van der Waals surface area contributed by atoms with E-state index in [2.05, 4.69) is 0 Å². The predicted octanol–water partition coefficient (Wildman–Crippen LogP) is 2.25. The number of hydrogen-bond acceptors (Lipinski definition) is 3. The monoisotopic (exact) mass is 242 g/mol. The van der Waals surface area contributed by atoms with Gasteiger partial charge in [0.1, 0.15) is 5.75 Å². The molecular formula is C14H14N2O2. The van der Waals surface area contributed by atoms with Gasteiger partial charge >= 0.3 is 0 Å². The van der Waals surface area contributed by atoms with E-state index < -0.39 is 0 Å². The number of benzene rings is 2. The zero-order chi connectivity index (χ0) is 13.1. The van der Waals surface area contributed by atoms with Crippen LogP contribution in [0.2, 0.25) is 0 Å². The smallest absolute Gasteiger partial charge is 0.258 e. The lowest BCUT2D eigenvalue weighted by Crippen LogP contribution is -2.26. The molecule has 0 heterocycles. The maximum atomic E-state index is 12.2. The molecule has 0 atom stereocenters. The Labute approximate surface area is 105 Å². The fourth-order valence-electron chi connectivity index (χ4n) is 1.65. The van der Waals surface area contributed by atoms with Crippen LogP contribution in [0.5, 0.6) is 5.75 Å². The average Bonchev–Trinajstić information content (AvgIpc) is 2.41. The molecule has 0 bridgehead atoms. The van der Waals surface area contributed by atoms with E-state index in [0.717, 1.165) is 5.69 Å². The van der Waals surface area contributed by atoms with Gasteiger partial charge in [-0.3, -0.25) is 4.79 Å². The normalized spacial score (nSPS) is 10.1. The van der Waals surface area contributed by atoms with E-state index in [4.69, 9.17) is 5.73 Å². The van der Waals surface area contributed by atoms with E-state index in [1.54, 1.807) is 13.1 Å². The molecule has 1 amide bonds. The lowest BCUT2D eigenvalue weighted by atomic mass is 10.1. The van der Waals surface area contributed by atoms with Crippen molar-refractivity contribution in [2.45, 2.75) is 0 Å². The van der Waals surface area contributed by atoms with Crippen LogP contribution in [0.3, 0.4) is 0 Å². The van der Waals surface area contributed by atoms with Crippen molar-refractivity contribution in [3.05, 3.63) is 54.1 Å². The summed E-state index contributed by atoms with van der Waals surface area (Å²) in [6.07, 6.45) is 0. The van der Waals surface area contributed by atoms with Crippen LogP contribution in [-0.4, -0.2) is 18.1 Å². The Balaban J connectivity index is 2.29. The van der Waals surface area contributed by atoms with Gasteiger partial charge in [0.15, 0.2) is 0 Å². The zero-order valence-corrected chi connectivity index (χ0v) is 10.00. The number of para-hydroxylation sites is 1. The highest BCUT2D eigenvalue weighted by Crippen LogP contribution is 2.22. The van der Waals surface area contributed by atoms with Gasteiger partial charge in [0.2, 0.25) is 0 Å². The number of carbonyl (C=O) groups excluding carboxylic acids is 1. The molecule has 0 aliphatic rings. The van der Waals surface area contributed by atoms with Crippen molar-refractivity contribution in [2.24, 2.45) is 0 Å². The van der Waals surface area contributed by atoms with Crippen molar-refractivity contribution in [2.75, 3.05) is 17.7 Å². The standard InChI is InChI=1S/C14H14N2O2/c1-16(11-5-3-2-4-6-11)14(18)10-7-8-13(17)12(15)9-10/h2-9,17H,15H2,1H3. The third kappa shape index (κ3) is 2.27. The van der Waals surface area contributed by atoms with Crippen LogP contribution >= 0.6 is 0 Å². The molecule has 0 aliphatic heterocycles. The first-order valence-corrected chi connectivity index (χ1v) is 5.51. The number of aromatic hydroxyl groups is 1. The molecule has 2 aromatic rings. The van der Waals surface area contributed by atoms with Crippen molar-refractivity contribution < 1.29 is 9.90 Å². The number of carbonyl (C=O) groups is 1. The maximum Gasteiger partial charge on any atom is 0.258 e. The molecule has 18 heavy (non-hydrogen) atoms. The second-order valence-corrected chi connectivity index (χ2v) is 3.97. The van der Waals surface area contributed by atoms with E-state index in [9.17, 15) is 9.90 Å². The number of nitrogen functional groups attached to an aromatic ring is 1. The van der Waals surface area contributed by atoms with Crippen LogP contribution in [0.15, 0.2) is 48.5 Å². The summed E-state index contributed by atoms with van der Waals surface area (Å²) in [6.45, 7) is 0. The summed E-state index contributed by atoms with van der Waals surface area (Å²) in [6, 6.07) is 13.8. The minimum Gasteiger partial charge on any atom is -0.506 e. The van der Waals surface area contributed by atoms with Gasteiger partial charge in [-0.2, -0.15) is 0 Å². The molecule has 4 nitrogen and oxygen atoms in total. The summed E-state index contributed by atoms with van der Waals surface area (Å²) in [7, 11) is 1.70. The average molecular weight is 242 g/mol. The summed E-state index contributed by atoms with van der Waals surface area (Å²) in [4.78, 5) is 13.7. The number of phenolic OH excluding ortho intramolecular Hbond substituents is 1. The van der Waals surface area contributed by atoms with Gasteiger partial charge in [0.25, 0.3) is 5.91 Å². The summed E-state index contributed by atoms with van der Waals surface area (Å²) in [5.41, 5.74) is 7.01. The summed E-state index contributed by atoms with van der Waals surface area (Å²) < 4.78 is 0. The molecule has 0 fully saturated rings. The van der Waals surface area contributed by atoms with Gasteiger partial charge in [0, 0.05) is 18.3 Å². The molecule has 0 aliphatic carbocycles. The third-order valence-electron chi connectivity index (χ3n) is 2.72. The molecule has 0 aromatic heterocycles. The Hall–Kier alpha value is -2.49. The van der Waals surface area contributed by atoms with E-state index in [0.29, 0.717) is 5.56 Å². The van der Waals surface area contributed by atoms with Crippen LogP contribution in [-0.2, 0) is 0 Å². The van der Waals surface area contributed by atoms with E-state index >= 15 is 0 Å². The SMILES string of the molecule is CN(C(=O)c1ccc(O)c(N)c1)c1ccccc1. The van der Waals surface area contributed by atoms with Crippen LogP contribution in [0.25, 0.3) is 0 Å². The topological polar surface area (TPSA) is 66.6 Å². The highest BCUT2D eigenvalue weighted by atomic mass is 16.3. The first-order chi connectivity index (χ1) is 8.59. The number of nitrogens with two attached hydrogens (primary N) is 1.